The fourth-order valence-corrected chi connectivity index (χ4v) is 8.86. The molecule has 0 amide bonds. The minimum Gasteiger partial charge on any atom is -0.462 e. The molecule has 0 saturated heterocycles. The summed E-state index contributed by atoms with van der Waals surface area (Å²) in [5.74, 6) is -0.865. The lowest BCUT2D eigenvalue weighted by atomic mass is 10.0. The zero-order chi connectivity index (χ0) is 49.3. The topological polar surface area (TPSA) is 78.9 Å². The monoisotopic (exact) mass is 955 g/mol. The number of ether oxygens (including phenoxy) is 3. The molecule has 0 fully saturated rings. The zero-order valence-electron chi connectivity index (χ0n) is 45.6. The van der Waals surface area contributed by atoms with E-state index in [-0.39, 0.29) is 31.1 Å². The molecule has 0 N–H and O–H groups in total. The van der Waals surface area contributed by atoms with Gasteiger partial charge in [-0.3, -0.25) is 14.4 Å². The normalized spacial score (nSPS) is 12.2. The summed E-state index contributed by atoms with van der Waals surface area (Å²) in [6.07, 6.45) is 68.9. The maximum absolute atomic E-state index is 12.8. The maximum atomic E-state index is 12.8. The van der Waals surface area contributed by atoms with Gasteiger partial charge in [0, 0.05) is 19.3 Å². The van der Waals surface area contributed by atoms with Crippen LogP contribution < -0.4 is 0 Å². The van der Waals surface area contributed by atoms with Crippen molar-refractivity contribution in [1.82, 2.24) is 0 Å². The van der Waals surface area contributed by atoms with Crippen molar-refractivity contribution in [3.63, 3.8) is 0 Å². The molecule has 0 aromatic rings. The van der Waals surface area contributed by atoms with Crippen molar-refractivity contribution in [2.45, 2.75) is 329 Å². The van der Waals surface area contributed by atoms with Crippen molar-refractivity contribution >= 4 is 17.9 Å². The lowest BCUT2D eigenvalue weighted by Crippen LogP contribution is -2.30. The first-order valence-corrected chi connectivity index (χ1v) is 30.0. The van der Waals surface area contributed by atoms with E-state index in [1.165, 1.54) is 212 Å². The number of esters is 3. The Balaban J connectivity index is 4.09. The van der Waals surface area contributed by atoms with Gasteiger partial charge in [-0.1, -0.05) is 282 Å². The van der Waals surface area contributed by atoms with Crippen LogP contribution in [0.15, 0.2) is 36.5 Å². The van der Waals surface area contributed by atoms with Gasteiger partial charge in [0.2, 0.25) is 0 Å². The van der Waals surface area contributed by atoms with Gasteiger partial charge < -0.3 is 14.2 Å². The Kier molecular flexibility index (Phi) is 55.2. The number of rotatable bonds is 55. The van der Waals surface area contributed by atoms with Gasteiger partial charge in [0.05, 0.1) is 0 Å². The van der Waals surface area contributed by atoms with Crippen LogP contribution >= 0.6 is 0 Å². The van der Waals surface area contributed by atoms with E-state index < -0.39 is 6.10 Å². The molecule has 1 atom stereocenters. The van der Waals surface area contributed by atoms with Crippen LogP contribution in [0.25, 0.3) is 0 Å². The van der Waals surface area contributed by atoms with Crippen LogP contribution in [0.2, 0.25) is 0 Å². The van der Waals surface area contributed by atoms with E-state index in [1.807, 2.05) is 0 Å². The number of carbonyl (C=O) groups is 3. The molecule has 6 heteroatoms. The van der Waals surface area contributed by atoms with Gasteiger partial charge in [-0.05, 0) is 57.8 Å². The van der Waals surface area contributed by atoms with Gasteiger partial charge in [-0.25, -0.2) is 0 Å². The first kappa shape index (κ1) is 65.6. The molecule has 0 aromatic heterocycles. The molecular formula is C62H114O6. The predicted octanol–water partition coefficient (Wildman–Crippen LogP) is 20.0. The van der Waals surface area contributed by atoms with E-state index >= 15 is 0 Å². The van der Waals surface area contributed by atoms with Crippen LogP contribution in [0, 0.1) is 0 Å². The molecule has 0 aliphatic carbocycles. The molecule has 1 unspecified atom stereocenters. The molecule has 398 valence electrons. The van der Waals surface area contributed by atoms with E-state index in [4.69, 9.17) is 14.2 Å². The van der Waals surface area contributed by atoms with E-state index in [9.17, 15) is 14.4 Å². The van der Waals surface area contributed by atoms with Crippen LogP contribution in [-0.4, -0.2) is 37.2 Å². The molecule has 6 nitrogen and oxygen atoms in total. The average Bonchev–Trinajstić information content (AvgIpc) is 3.34. The Morgan fingerprint density at radius 1 is 0.294 bits per heavy atom. The number of hydrogen-bond acceptors (Lipinski definition) is 6. The third kappa shape index (κ3) is 54.6. The number of unbranched alkanes of at least 4 members (excludes halogenated alkanes) is 38. The summed E-state index contributed by atoms with van der Waals surface area (Å²) >= 11 is 0. The molecule has 0 saturated carbocycles. The average molecular weight is 956 g/mol. The minimum absolute atomic E-state index is 0.0699. The smallest absolute Gasteiger partial charge is 0.306 e. The summed E-state index contributed by atoms with van der Waals surface area (Å²) in [5, 5.41) is 0. The van der Waals surface area contributed by atoms with Crippen LogP contribution in [0.3, 0.4) is 0 Å². The van der Waals surface area contributed by atoms with Crippen LogP contribution in [0.4, 0.5) is 0 Å². The lowest BCUT2D eigenvalue weighted by molar-refractivity contribution is -0.167. The van der Waals surface area contributed by atoms with E-state index in [1.54, 1.807) is 0 Å². The van der Waals surface area contributed by atoms with Crippen molar-refractivity contribution in [3.05, 3.63) is 36.5 Å². The van der Waals surface area contributed by atoms with E-state index in [0.29, 0.717) is 19.3 Å². The second-order valence-corrected chi connectivity index (χ2v) is 20.3. The Morgan fingerprint density at radius 3 is 0.824 bits per heavy atom. The van der Waals surface area contributed by atoms with Gasteiger partial charge in [0.25, 0.3) is 0 Å². The molecule has 68 heavy (non-hydrogen) atoms. The summed E-state index contributed by atoms with van der Waals surface area (Å²) in [6.45, 7) is 6.61. The quantitative estimate of drug-likeness (QED) is 0.0262. The van der Waals surface area contributed by atoms with Gasteiger partial charge in [-0.2, -0.15) is 0 Å². The van der Waals surface area contributed by atoms with Crippen molar-refractivity contribution in [1.29, 1.82) is 0 Å². The number of allylic oxidation sites excluding steroid dienone is 6. The Bertz CT molecular complexity index is 1140. The highest BCUT2D eigenvalue weighted by Gasteiger charge is 2.19. The summed E-state index contributed by atoms with van der Waals surface area (Å²) in [5.41, 5.74) is 0. The molecule has 0 rings (SSSR count). The number of hydrogen-bond donors (Lipinski definition) is 0. The highest BCUT2D eigenvalue weighted by atomic mass is 16.6. The summed E-state index contributed by atoms with van der Waals surface area (Å²) in [6, 6.07) is 0. The van der Waals surface area contributed by atoms with Crippen molar-refractivity contribution < 1.29 is 28.6 Å². The van der Waals surface area contributed by atoms with E-state index in [0.717, 1.165) is 70.6 Å². The third-order valence-electron chi connectivity index (χ3n) is 13.4. The predicted molar refractivity (Wildman–Crippen MR) is 293 cm³/mol. The molecule has 0 bridgehead atoms. The summed E-state index contributed by atoms with van der Waals surface area (Å²) in [4.78, 5) is 37.9. The highest BCUT2D eigenvalue weighted by molar-refractivity contribution is 5.71. The molecule has 0 spiro atoms. The zero-order valence-corrected chi connectivity index (χ0v) is 45.6. The van der Waals surface area contributed by atoms with Crippen LogP contribution in [-0.2, 0) is 28.6 Å². The fourth-order valence-electron chi connectivity index (χ4n) is 8.86. The lowest BCUT2D eigenvalue weighted by Gasteiger charge is -2.18. The van der Waals surface area contributed by atoms with Crippen LogP contribution in [0.5, 0.6) is 0 Å². The third-order valence-corrected chi connectivity index (χ3v) is 13.4. The Morgan fingerprint density at radius 2 is 0.529 bits per heavy atom. The number of carbonyl (C=O) groups excluding carboxylic acids is 3. The van der Waals surface area contributed by atoms with Gasteiger partial charge >= 0.3 is 17.9 Å². The summed E-state index contributed by atoms with van der Waals surface area (Å²) in [7, 11) is 0. The molecule has 0 aliphatic rings. The van der Waals surface area contributed by atoms with Gasteiger partial charge in [0.15, 0.2) is 6.10 Å². The standard InChI is InChI=1S/C62H114O6/c1-4-7-10-13-16-18-20-22-24-26-28-29-30-31-32-33-35-36-38-40-42-44-46-49-52-55-61(64)67-58-59(57-66-60(63)54-51-48-15-12-9-6-3)68-62(65)56-53-50-47-45-43-41-39-37-34-27-25-23-21-19-17-14-11-8-5-2/h20,22,26,28,30-31,59H,4-19,21,23-25,27,29,32-58H2,1-3H3/b22-20-,28-26-,31-30-. The Hall–Kier alpha value is -2.37. The van der Waals surface area contributed by atoms with Crippen molar-refractivity contribution in [2.75, 3.05) is 13.2 Å². The second kappa shape index (κ2) is 57.2. The molecule has 0 heterocycles. The molecule has 0 aliphatic heterocycles. The SMILES string of the molecule is CCCCCCC/C=C\C/C=C\C/C=C\CCCCCCCCCCCCC(=O)OCC(COC(=O)CCCCCCCC)OC(=O)CCCCCCCCCCCCCCCCCCCCC. The second-order valence-electron chi connectivity index (χ2n) is 20.3. The van der Waals surface area contributed by atoms with Gasteiger partial charge in [-0.15, -0.1) is 0 Å². The first-order chi connectivity index (χ1) is 33.5. The van der Waals surface area contributed by atoms with E-state index in [2.05, 4.69) is 57.2 Å². The molecule has 0 aromatic carbocycles. The summed E-state index contributed by atoms with van der Waals surface area (Å²) < 4.78 is 16.8. The largest absolute Gasteiger partial charge is 0.462 e. The molecular weight excluding hydrogens is 841 g/mol. The highest BCUT2D eigenvalue weighted by Crippen LogP contribution is 2.17. The van der Waals surface area contributed by atoms with Crippen LogP contribution in [0.1, 0.15) is 323 Å². The molecule has 0 radical (unpaired) electrons. The minimum atomic E-state index is -0.767. The Labute approximate surface area is 423 Å². The first-order valence-electron chi connectivity index (χ1n) is 30.0. The maximum Gasteiger partial charge on any atom is 0.306 e. The van der Waals surface area contributed by atoms with Crippen molar-refractivity contribution in [3.8, 4) is 0 Å². The fraction of sp³-hybridized carbons (Fsp3) is 0.855. The van der Waals surface area contributed by atoms with Gasteiger partial charge in [0.1, 0.15) is 13.2 Å². The van der Waals surface area contributed by atoms with Crippen molar-refractivity contribution in [2.24, 2.45) is 0 Å².